The molecule has 0 bridgehead atoms. The third-order valence-electron chi connectivity index (χ3n) is 2.91. The fraction of sp³-hybridized carbons (Fsp3) is 1.00. The molecular weight excluding hydrogens is 180 g/mol. The summed E-state index contributed by atoms with van der Waals surface area (Å²) in [6, 6.07) is 0. The number of rotatable bonds is 5. The summed E-state index contributed by atoms with van der Waals surface area (Å²) in [4.78, 5) is 0. The molecule has 1 aliphatic heterocycles. The first-order valence-corrected chi connectivity index (χ1v) is 5.43. The Bertz CT molecular complexity index is 151. The van der Waals surface area contributed by atoms with E-state index in [1.807, 2.05) is 6.92 Å². The van der Waals surface area contributed by atoms with E-state index in [0.29, 0.717) is 12.5 Å². The van der Waals surface area contributed by atoms with Gasteiger partial charge in [-0.1, -0.05) is 0 Å². The van der Waals surface area contributed by atoms with Crippen LogP contribution in [-0.2, 0) is 9.47 Å². The lowest BCUT2D eigenvalue weighted by molar-refractivity contribution is -0.0178. The van der Waals surface area contributed by atoms with Crippen LogP contribution in [0.25, 0.3) is 0 Å². The molecule has 1 unspecified atom stereocenters. The molecule has 1 heterocycles. The third-order valence-corrected chi connectivity index (χ3v) is 2.91. The van der Waals surface area contributed by atoms with Gasteiger partial charge in [-0.05, 0) is 38.5 Å². The Balaban J connectivity index is 2.25. The molecule has 0 aliphatic carbocycles. The number of hydrogen-bond acceptors (Lipinski definition) is 3. The van der Waals surface area contributed by atoms with Gasteiger partial charge in [0.25, 0.3) is 0 Å². The van der Waals surface area contributed by atoms with Gasteiger partial charge in [0, 0.05) is 26.9 Å². The summed E-state index contributed by atoms with van der Waals surface area (Å²) in [5, 5.41) is 10.1. The molecule has 0 amide bonds. The molecule has 1 saturated heterocycles. The highest BCUT2D eigenvalue weighted by atomic mass is 16.5. The highest BCUT2D eigenvalue weighted by Gasteiger charge is 2.26. The van der Waals surface area contributed by atoms with Gasteiger partial charge in [0.1, 0.15) is 0 Å². The lowest BCUT2D eigenvalue weighted by atomic mass is 9.85. The molecule has 14 heavy (non-hydrogen) atoms. The van der Waals surface area contributed by atoms with Gasteiger partial charge < -0.3 is 14.6 Å². The van der Waals surface area contributed by atoms with E-state index in [4.69, 9.17) is 9.47 Å². The first-order valence-electron chi connectivity index (χ1n) is 5.43. The van der Waals surface area contributed by atoms with E-state index in [1.165, 1.54) is 0 Å². The van der Waals surface area contributed by atoms with Crippen LogP contribution in [0.3, 0.4) is 0 Å². The Morgan fingerprint density at radius 3 is 2.64 bits per heavy atom. The predicted octanol–water partition coefficient (Wildman–Crippen LogP) is 1.59. The van der Waals surface area contributed by atoms with Crippen molar-refractivity contribution in [2.75, 3.05) is 26.9 Å². The molecule has 1 N–H and O–H groups in total. The topological polar surface area (TPSA) is 38.7 Å². The Hall–Kier alpha value is -0.120. The lowest BCUT2D eigenvalue weighted by Crippen LogP contribution is -2.31. The zero-order valence-electron chi connectivity index (χ0n) is 9.29. The SMILES string of the molecule is COCCC(C)(O)CC1CCOCC1. The Labute approximate surface area is 86.4 Å². The minimum Gasteiger partial charge on any atom is -0.390 e. The predicted molar refractivity (Wildman–Crippen MR) is 55.3 cm³/mol. The summed E-state index contributed by atoms with van der Waals surface area (Å²) in [6.45, 7) is 4.24. The molecule has 84 valence electrons. The molecule has 1 atom stereocenters. The monoisotopic (exact) mass is 202 g/mol. The number of methoxy groups -OCH3 is 1. The third kappa shape index (κ3) is 4.40. The minimum absolute atomic E-state index is 0.571. The fourth-order valence-corrected chi connectivity index (χ4v) is 2.00. The van der Waals surface area contributed by atoms with E-state index in [0.717, 1.165) is 38.9 Å². The Morgan fingerprint density at radius 2 is 2.07 bits per heavy atom. The number of hydrogen-bond donors (Lipinski definition) is 1. The standard InChI is InChI=1S/C11H22O3/c1-11(12,5-8-13-2)9-10-3-6-14-7-4-10/h10,12H,3-9H2,1-2H3. The zero-order chi connectivity index (χ0) is 10.4. The molecule has 3 heteroatoms. The Kier molecular flexibility index (Phi) is 4.85. The fourth-order valence-electron chi connectivity index (χ4n) is 2.00. The van der Waals surface area contributed by atoms with Crippen molar-refractivity contribution in [3.05, 3.63) is 0 Å². The summed E-state index contributed by atoms with van der Waals surface area (Å²) in [7, 11) is 1.67. The molecule has 0 saturated carbocycles. The van der Waals surface area contributed by atoms with Crippen molar-refractivity contribution in [2.45, 2.75) is 38.2 Å². The van der Waals surface area contributed by atoms with Crippen molar-refractivity contribution >= 4 is 0 Å². The second-order valence-corrected chi connectivity index (χ2v) is 4.50. The molecule has 0 aromatic carbocycles. The molecule has 3 nitrogen and oxygen atoms in total. The van der Waals surface area contributed by atoms with E-state index < -0.39 is 5.60 Å². The van der Waals surface area contributed by atoms with Crippen molar-refractivity contribution in [3.8, 4) is 0 Å². The largest absolute Gasteiger partial charge is 0.390 e. The van der Waals surface area contributed by atoms with Crippen LogP contribution in [0.5, 0.6) is 0 Å². The van der Waals surface area contributed by atoms with E-state index >= 15 is 0 Å². The number of ether oxygens (including phenoxy) is 2. The van der Waals surface area contributed by atoms with Crippen LogP contribution < -0.4 is 0 Å². The highest BCUT2D eigenvalue weighted by Crippen LogP contribution is 2.27. The summed E-state index contributed by atoms with van der Waals surface area (Å²) in [6.07, 6.45) is 3.77. The minimum atomic E-state index is -0.571. The molecule has 1 rings (SSSR count). The van der Waals surface area contributed by atoms with E-state index in [2.05, 4.69) is 0 Å². The first kappa shape index (κ1) is 12.0. The summed E-state index contributed by atoms with van der Waals surface area (Å²) >= 11 is 0. The quantitative estimate of drug-likeness (QED) is 0.736. The average molecular weight is 202 g/mol. The van der Waals surface area contributed by atoms with Gasteiger partial charge in [0.2, 0.25) is 0 Å². The molecule has 0 spiro atoms. The smallest absolute Gasteiger partial charge is 0.0644 e. The van der Waals surface area contributed by atoms with Crippen LogP contribution in [0.15, 0.2) is 0 Å². The lowest BCUT2D eigenvalue weighted by Gasteiger charge is -2.30. The number of aliphatic hydroxyl groups is 1. The van der Waals surface area contributed by atoms with Crippen molar-refractivity contribution < 1.29 is 14.6 Å². The van der Waals surface area contributed by atoms with Crippen molar-refractivity contribution in [1.82, 2.24) is 0 Å². The maximum absolute atomic E-state index is 10.1. The normalized spacial score (nSPS) is 23.4. The van der Waals surface area contributed by atoms with Crippen molar-refractivity contribution in [1.29, 1.82) is 0 Å². The molecule has 0 radical (unpaired) electrons. The van der Waals surface area contributed by atoms with E-state index in [9.17, 15) is 5.11 Å². The molecule has 0 aromatic heterocycles. The summed E-state index contributed by atoms with van der Waals surface area (Å²) in [5.41, 5.74) is -0.571. The maximum atomic E-state index is 10.1. The summed E-state index contributed by atoms with van der Waals surface area (Å²) < 4.78 is 10.3. The molecular formula is C11H22O3. The van der Waals surface area contributed by atoms with Crippen LogP contribution >= 0.6 is 0 Å². The van der Waals surface area contributed by atoms with Gasteiger partial charge in [-0.2, -0.15) is 0 Å². The van der Waals surface area contributed by atoms with Gasteiger partial charge in [-0.3, -0.25) is 0 Å². The summed E-state index contributed by atoms with van der Waals surface area (Å²) in [5.74, 6) is 0.621. The first-order chi connectivity index (χ1) is 6.64. The van der Waals surface area contributed by atoms with Crippen LogP contribution in [0, 0.1) is 5.92 Å². The molecule has 0 aromatic rings. The van der Waals surface area contributed by atoms with Gasteiger partial charge >= 0.3 is 0 Å². The van der Waals surface area contributed by atoms with Gasteiger partial charge in [-0.25, -0.2) is 0 Å². The average Bonchev–Trinajstić information content (AvgIpc) is 2.16. The van der Waals surface area contributed by atoms with Gasteiger partial charge in [0.05, 0.1) is 5.60 Å². The maximum Gasteiger partial charge on any atom is 0.0644 e. The van der Waals surface area contributed by atoms with Crippen molar-refractivity contribution in [2.24, 2.45) is 5.92 Å². The van der Waals surface area contributed by atoms with Crippen LogP contribution in [-0.4, -0.2) is 37.6 Å². The van der Waals surface area contributed by atoms with Crippen LogP contribution in [0.1, 0.15) is 32.6 Å². The van der Waals surface area contributed by atoms with Crippen LogP contribution in [0.4, 0.5) is 0 Å². The zero-order valence-corrected chi connectivity index (χ0v) is 9.29. The van der Waals surface area contributed by atoms with Crippen molar-refractivity contribution in [3.63, 3.8) is 0 Å². The van der Waals surface area contributed by atoms with Gasteiger partial charge in [0.15, 0.2) is 0 Å². The second-order valence-electron chi connectivity index (χ2n) is 4.50. The Morgan fingerprint density at radius 1 is 1.43 bits per heavy atom. The van der Waals surface area contributed by atoms with Gasteiger partial charge in [-0.15, -0.1) is 0 Å². The van der Waals surface area contributed by atoms with Crippen LogP contribution in [0.2, 0.25) is 0 Å². The van der Waals surface area contributed by atoms with E-state index in [-0.39, 0.29) is 0 Å². The molecule has 1 fully saturated rings. The molecule has 1 aliphatic rings. The highest BCUT2D eigenvalue weighted by molar-refractivity contribution is 4.78. The second kappa shape index (κ2) is 5.69. The van der Waals surface area contributed by atoms with E-state index in [1.54, 1.807) is 7.11 Å².